The lowest BCUT2D eigenvalue weighted by molar-refractivity contribution is 0.196. The third-order valence-electron chi connectivity index (χ3n) is 6.36. The van der Waals surface area contributed by atoms with Crippen LogP contribution in [0.25, 0.3) is 0 Å². The number of rotatable bonds is 9. The molecule has 4 rings (SSSR count). The lowest BCUT2D eigenvalue weighted by atomic mass is 9.95. The van der Waals surface area contributed by atoms with Crippen LogP contribution in [-0.4, -0.2) is 45.9 Å². The maximum atomic E-state index is 8.95. The van der Waals surface area contributed by atoms with Gasteiger partial charge >= 0.3 is 0 Å². The first-order valence-corrected chi connectivity index (χ1v) is 11.8. The van der Waals surface area contributed by atoms with Crippen molar-refractivity contribution in [3.63, 3.8) is 0 Å². The SMILES string of the molecule is CC(C)c1ccc(Cn2ccnc2C2CCN(Cc3cccc(OCCO)c3)CC2)cc1. The van der Waals surface area contributed by atoms with E-state index in [4.69, 9.17) is 14.8 Å². The van der Waals surface area contributed by atoms with Crippen molar-refractivity contribution in [2.75, 3.05) is 26.3 Å². The third-order valence-corrected chi connectivity index (χ3v) is 6.36. The van der Waals surface area contributed by atoms with Gasteiger partial charge in [0.15, 0.2) is 0 Å². The van der Waals surface area contributed by atoms with Crippen LogP contribution >= 0.6 is 0 Å². The summed E-state index contributed by atoms with van der Waals surface area (Å²) < 4.78 is 7.88. The molecule has 32 heavy (non-hydrogen) atoms. The van der Waals surface area contributed by atoms with Gasteiger partial charge in [0.25, 0.3) is 0 Å². The molecule has 0 radical (unpaired) electrons. The lowest BCUT2D eigenvalue weighted by Gasteiger charge is -2.32. The number of benzene rings is 2. The minimum Gasteiger partial charge on any atom is -0.491 e. The monoisotopic (exact) mass is 433 g/mol. The van der Waals surface area contributed by atoms with Crippen molar-refractivity contribution in [3.8, 4) is 5.75 Å². The minimum atomic E-state index is 0.0384. The first-order chi connectivity index (χ1) is 15.6. The zero-order valence-corrected chi connectivity index (χ0v) is 19.3. The summed E-state index contributed by atoms with van der Waals surface area (Å²) >= 11 is 0. The zero-order chi connectivity index (χ0) is 22.3. The van der Waals surface area contributed by atoms with Crippen LogP contribution in [0, 0.1) is 0 Å². The number of nitrogens with zero attached hydrogens (tertiary/aromatic N) is 3. The number of ether oxygens (including phenoxy) is 1. The van der Waals surface area contributed by atoms with Crippen molar-refractivity contribution >= 4 is 0 Å². The average Bonchev–Trinajstić information content (AvgIpc) is 3.27. The molecule has 0 aliphatic carbocycles. The van der Waals surface area contributed by atoms with E-state index in [1.165, 1.54) is 22.5 Å². The molecular weight excluding hydrogens is 398 g/mol. The molecular formula is C27H35N3O2. The Balaban J connectivity index is 1.33. The van der Waals surface area contributed by atoms with Crippen LogP contribution in [0.3, 0.4) is 0 Å². The fourth-order valence-corrected chi connectivity index (χ4v) is 4.52. The maximum absolute atomic E-state index is 8.95. The van der Waals surface area contributed by atoms with Gasteiger partial charge < -0.3 is 14.4 Å². The summed E-state index contributed by atoms with van der Waals surface area (Å²) in [5.41, 5.74) is 3.97. The normalized spacial score (nSPS) is 15.4. The Bertz CT molecular complexity index is 973. The van der Waals surface area contributed by atoms with Crippen LogP contribution in [0.2, 0.25) is 0 Å². The van der Waals surface area contributed by atoms with Gasteiger partial charge in [-0.2, -0.15) is 0 Å². The zero-order valence-electron chi connectivity index (χ0n) is 19.3. The molecule has 1 fully saturated rings. The standard InChI is InChI=1S/C27H35N3O2/c1-21(2)24-8-6-22(7-9-24)20-30-15-12-28-27(30)25-10-13-29(14-11-25)19-23-4-3-5-26(18-23)32-17-16-31/h3-9,12,15,18,21,25,31H,10-11,13-14,16-17,19-20H2,1-2H3. The van der Waals surface area contributed by atoms with Gasteiger partial charge in [0.2, 0.25) is 0 Å². The van der Waals surface area contributed by atoms with E-state index in [9.17, 15) is 0 Å². The largest absolute Gasteiger partial charge is 0.491 e. The lowest BCUT2D eigenvalue weighted by Crippen LogP contribution is -2.33. The van der Waals surface area contributed by atoms with Crippen LogP contribution in [0.1, 0.15) is 61.0 Å². The van der Waals surface area contributed by atoms with Gasteiger partial charge in [-0.25, -0.2) is 4.98 Å². The first-order valence-electron chi connectivity index (χ1n) is 11.8. The van der Waals surface area contributed by atoms with Crippen LogP contribution in [0.5, 0.6) is 5.75 Å². The van der Waals surface area contributed by atoms with E-state index in [-0.39, 0.29) is 6.61 Å². The van der Waals surface area contributed by atoms with Crippen molar-refractivity contribution in [1.82, 2.24) is 14.5 Å². The van der Waals surface area contributed by atoms with Gasteiger partial charge in [-0.1, -0.05) is 50.2 Å². The van der Waals surface area contributed by atoms with E-state index < -0.39 is 0 Å². The fraction of sp³-hybridized carbons (Fsp3) is 0.444. The molecule has 1 aliphatic heterocycles. The highest BCUT2D eigenvalue weighted by atomic mass is 16.5. The maximum Gasteiger partial charge on any atom is 0.119 e. The molecule has 2 heterocycles. The third kappa shape index (κ3) is 5.78. The molecule has 2 aromatic carbocycles. The summed E-state index contributed by atoms with van der Waals surface area (Å²) in [5.74, 6) is 3.12. The molecule has 5 heteroatoms. The Kier molecular flexibility index (Phi) is 7.61. The highest BCUT2D eigenvalue weighted by Gasteiger charge is 2.24. The Labute approximate surface area is 191 Å². The molecule has 0 saturated carbocycles. The highest BCUT2D eigenvalue weighted by Crippen LogP contribution is 2.28. The van der Waals surface area contributed by atoms with Crippen LogP contribution in [0.15, 0.2) is 60.9 Å². The minimum absolute atomic E-state index is 0.0384. The number of aliphatic hydroxyl groups is 1. The number of hydrogen-bond donors (Lipinski definition) is 1. The van der Waals surface area contributed by atoms with Gasteiger partial charge in [-0.05, 0) is 60.7 Å². The van der Waals surface area contributed by atoms with Crippen LogP contribution in [-0.2, 0) is 13.1 Å². The Morgan fingerprint density at radius 2 is 1.81 bits per heavy atom. The molecule has 1 saturated heterocycles. The van der Waals surface area contributed by atoms with E-state index in [1.54, 1.807) is 0 Å². The topological polar surface area (TPSA) is 50.5 Å². The van der Waals surface area contributed by atoms with Crippen LogP contribution in [0.4, 0.5) is 0 Å². The second kappa shape index (κ2) is 10.8. The number of aromatic nitrogens is 2. The Morgan fingerprint density at radius 3 is 2.53 bits per heavy atom. The summed E-state index contributed by atoms with van der Waals surface area (Å²) in [7, 11) is 0. The molecule has 1 aliphatic rings. The number of imidazole rings is 1. The van der Waals surface area contributed by atoms with Crippen molar-refractivity contribution in [2.45, 2.75) is 51.6 Å². The molecule has 0 atom stereocenters. The van der Waals surface area contributed by atoms with E-state index in [0.29, 0.717) is 18.4 Å². The molecule has 0 amide bonds. The smallest absolute Gasteiger partial charge is 0.119 e. The average molecular weight is 434 g/mol. The van der Waals surface area contributed by atoms with Gasteiger partial charge in [-0.15, -0.1) is 0 Å². The highest BCUT2D eigenvalue weighted by molar-refractivity contribution is 5.28. The Morgan fingerprint density at radius 1 is 1.03 bits per heavy atom. The van der Waals surface area contributed by atoms with Crippen molar-refractivity contribution < 1.29 is 9.84 Å². The second-order valence-corrected chi connectivity index (χ2v) is 9.08. The second-order valence-electron chi connectivity index (χ2n) is 9.08. The van der Waals surface area contributed by atoms with E-state index in [1.807, 2.05) is 18.3 Å². The van der Waals surface area contributed by atoms with E-state index in [2.05, 4.69) is 65.9 Å². The molecule has 170 valence electrons. The molecule has 1 N–H and O–H groups in total. The molecule has 0 unspecified atom stereocenters. The molecule has 1 aromatic heterocycles. The van der Waals surface area contributed by atoms with Gasteiger partial charge in [0.1, 0.15) is 18.2 Å². The fourth-order valence-electron chi connectivity index (χ4n) is 4.52. The first kappa shape index (κ1) is 22.6. The van der Waals surface area contributed by atoms with Crippen molar-refractivity contribution in [3.05, 3.63) is 83.4 Å². The van der Waals surface area contributed by atoms with Crippen LogP contribution < -0.4 is 4.74 Å². The molecule has 5 nitrogen and oxygen atoms in total. The quantitative estimate of drug-likeness (QED) is 0.526. The summed E-state index contributed by atoms with van der Waals surface area (Å²) in [5, 5.41) is 8.95. The predicted octanol–water partition coefficient (Wildman–Crippen LogP) is 4.81. The number of likely N-dealkylation sites (tertiary alicyclic amines) is 1. The summed E-state index contributed by atoms with van der Waals surface area (Å²) in [6.45, 7) is 8.80. The number of piperidine rings is 1. The van der Waals surface area contributed by atoms with Gasteiger partial charge in [0, 0.05) is 31.4 Å². The van der Waals surface area contributed by atoms with Crippen molar-refractivity contribution in [2.24, 2.45) is 0 Å². The molecule has 0 spiro atoms. The predicted molar refractivity (Wildman–Crippen MR) is 128 cm³/mol. The molecule has 3 aromatic rings. The van der Waals surface area contributed by atoms with Gasteiger partial charge in [-0.3, -0.25) is 4.90 Å². The van der Waals surface area contributed by atoms with E-state index in [0.717, 1.165) is 44.8 Å². The number of hydrogen-bond acceptors (Lipinski definition) is 4. The van der Waals surface area contributed by atoms with E-state index >= 15 is 0 Å². The molecule has 0 bridgehead atoms. The summed E-state index contributed by atoms with van der Waals surface area (Å²) in [6, 6.07) is 17.2. The summed E-state index contributed by atoms with van der Waals surface area (Å²) in [4.78, 5) is 7.25. The number of aliphatic hydroxyl groups excluding tert-OH is 1. The Hall–Kier alpha value is -2.63. The summed E-state index contributed by atoms with van der Waals surface area (Å²) in [6.07, 6.45) is 6.33. The van der Waals surface area contributed by atoms with Gasteiger partial charge in [0.05, 0.1) is 6.61 Å². The van der Waals surface area contributed by atoms with Crippen molar-refractivity contribution in [1.29, 1.82) is 0 Å².